The van der Waals surface area contributed by atoms with Crippen LogP contribution < -0.4 is 20.3 Å². The van der Waals surface area contributed by atoms with Crippen LogP contribution in [0.3, 0.4) is 0 Å². The summed E-state index contributed by atoms with van der Waals surface area (Å²) in [5.74, 6) is 1.54. The van der Waals surface area contributed by atoms with Crippen molar-refractivity contribution in [1.82, 2.24) is 10.6 Å². The number of rotatable bonds is 9. The van der Waals surface area contributed by atoms with E-state index in [4.69, 9.17) is 9.47 Å². The topological polar surface area (TPSA) is 75.2 Å². The monoisotopic (exact) mass is 504 g/mol. The number of nitrogens with zero attached hydrogens (tertiary/aromatic N) is 2. The minimum atomic E-state index is -0.158. The molecule has 7 nitrogen and oxygen atoms in total. The Bertz CT molecular complexity index is 627. The molecule has 1 aromatic rings. The maximum atomic E-state index is 11.4. The average Bonchev–Trinajstić information content (AvgIpc) is 3.14. The minimum absolute atomic E-state index is 0. The van der Waals surface area contributed by atoms with Crippen molar-refractivity contribution in [3.05, 3.63) is 24.3 Å². The molecule has 0 bridgehead atoms. The lowest BCUT2D eigenvalue weighted by atomic mass is 10.2. The van der Waals surface area contributed by atoms with Gasteiger partial charge in [-0.25, -0.2) is 0 Å². The van der Waals surface area contributed by atoms with Gasteiger partial charge >= 0.3 is 5.97 Å². The highest BCUT2D eigenvalue weighted by atomic mass is 127. The molecule has 1 atom stereocenters. The van der Waals surface area contributed by atoms with Crippen molar-refractivity contribution in [3.63, 3.8) is 0 Å². The number of halogens is 1. The third-order valence-electron chi connectivity index (χ3n) is 4.41. The molecule has 0 saturated carbocycles. The van der Waals surface area contributed by atoms with Gasteiger partial charge in [-0.3, -0.25) is 9.79 Å². The Kier molecular flexibility index (Phi) is 11.7. The quantitative estimate of drug-likeness (QED) is 0.177. The molecule has 8 heteroatoms. The molecular formula is C20H33IN4O3. The molecule has 2 N–H and O–H groups in total. The van der Waals surface area contributed by atoms with Gasteiger partial charge in [-0.15, -0.1) is 24.0 Å². The van der Waals surface area contributed by atoms with Crippen molar-refractivity contribution in [2.75, 3.05) is 44.8 Å². The number of aliphatic imine (C=N–C) groups is 1. The first-order chi connectivity index (χ1) is 13.2. The van der Waals surface area contributed by atoms with Crippen molar-refractivity contribution < 1.29 is 14.3 Å². The zero-order valence-electron chi connectivity index (χ0n) is 17.1. The Morgan fingerprint density at radius 2 is 2.11 bits per heavy atom. The molecule has 1 heterocycles. The van der Waals surface area contributed by atoms with E-state index in [1.807, 2.05) is 32.0 Å². The standard InChI is InChI=1S/C20H32N4O3.HI/c1-4-21-20(22-13-8-11-19(25)27-5-2)23-16-12-14-24(15-16)17-9-6-7-10-18(17)26-3;/h6-7,9-10,16H,4-5,8,11-15H2,1-3H3,(H2,21,22,23);1H. The molecule has 0 spiro atoms. The molecule has 1 unspecified atom stereocenters. The van der Waals surface area contributed by atoms with Gasteiger partial charge in [-0.2, -0.15) is 0 Å². The molecule has 0 amide bonds. The van der Waals surface area contributed by atoms with Gasteiger partial charge in [0.15, 0.2) is 5.96 Å². The molecule has 1 fully saturated rings. The molecule has 2 rings (SSSR count). The number of carbonyl (C=O) groups excluding carboxylic acids is 1. The van der Waals surface area contributed by atoms with Gasteiger partial charge in [-0.1, -0.05) is 12.1 Å². The summed E-state index contributed by atoms with van der Waals surface area (Å²) in [6.07, 6.45) is 2.13. The van der Waals surface area contributed by atoms with Crippen molar-refractivity contribution in [2.24, 2.45) is 4.99 Å². The third-order valence-corrected chi connectivity index (χ3v) is 4.41. The van der Waals surface area contributed by atoms with Crippen LogP contribution in [0.15, 0.2) is 29.3 Å². The van der Waals surface area contributed by atoms with Crippen LogP contribution in [0.1, 0.15) is 33.1 Å². The second-order valence-electron chi connectivity index (χ2n) is 6.42. The van der Waals surface area contributed by atoms with Crippen molar-refractivity contribution in [3.8, 4) is 5.75 Å². The highest BCUT2D eigenvalue weighted by Crippen LogP contribution is 2.30. The first-order valence-corrected chi connectivity index (χ1v) is 9.76. The van der Waals surface area contributed by atoms with Crippen molar-refractivity contribution in [1.29, 1.82) is 0 Å². The Morgan fingerprint density at radius 3 is 2.82 bits per heavy atom. The summed E-state index contributed by atoms with van der Waals surface area (Å²) >= 11 is 0. The van der Waals surface area contributed by atoms with Gasteiger partial charge in [0.25, 0.3) is 0 Å². The van der Waals surface area contributed by atoms with E-state index in [2.05, 4.69) is 26.6 Å². The molecular weight excluding hydrogens is 471 g/mol. The van der Waals surface area contributed by atoms with Crippen LogP contribution in [0, 0.1) is 0 Å². The summed E-state index contributed by atoms with van der Waals surface area (Å²) in [6.45, 7) is 7.55. The molecule has 1 saturated heterocycles. The number of carbonyl (C=O) groups is 1. The predicted molar refractivity (Wildman–Crippen MR) is 124 cm³/mol. The zero-order chi connectivity index (χ0) is 19.5. The normalized spacial score (nSPS) is 16.3. The van der Waals surface area contributed by atoms with Crippen LogP contribution in [0.25, 0.3) is 0 Å². The van der Waals surface area contributed by atoms with Crippen LogP contribution >= 0.6 is 24.0 Å². The fourth-order valence-electron chi connectivity index (χ4n) is 3.15. The van der Waals surface area contributed by atoms with E-state index in [9.17, 15) is 4.79 Å². The van der Waals surface area contributed by atoms with E-state index in [0.29, 0.717) is 32.0 Å². The lowest BCUT2D eigenvalue weighted by molar-refractivity contribution is -0.143. The van der Waals surface area contributed by atoms with Crippen LogP contribution in [0.5, 0.6) is 5.75 Å². The van der Waals surface area contributed by atoms with Crippen LogP contribution in [0.4, 0.5) is 5.69 Å². The number of benzene rings is 1. The third kappa shape index (κ3) is 7.73. The molecule has 0 aromatic heterocycles. The summed E-state index contributed by atoms with van der Waals surface area (Å²) in [5.41, 5.74) is 1.13. The van der Waals surface area contributed by atoms with Crippen molar-refractivity contribution in [2.45, 2.75) is 39.2 Å². The van der Waals surface area contributed by atoms with Crippen LogP contribution in [0.2, 0.25) is 0 Å². The highest BCUT2D eigenvalue weighted by molar-refractivity contribution is 14.0. The summed E-state index contributed by atoms with van der Waals surface area (Å²) in [6, 6.07) is 8.42. The Balaban J connectivity index is 0.00000392. The maximum absolute atomic E-state index is 11.4. The number of methoxy groups -OCH3 is 1. The first kappa shape index (κ1) is 24.3. The molecule has 0 radical (unpaired) electrons. The van der Waals surface area contributed by atoms with E-state index in [0.717, 1.165) is 43.5 Å². The number of anilines is 1. The largest absolute Gasteiger partial charge is 0.495 e. The number of esters is 1. The lowest BCUT2D eigenvalue weighted by Gasteiger charge is -2.22. The Morgan fingerprint density at radius 1 is 1.32 bits per heavy atom. The Labute approximate surface area is 185 Å². The number of para-hydroxylation sites is 2. The van der Waals surface area contributed by atoms with E-state index >= 15 is 0 Å². The van der Waals surface area contributed by atoms with Gasteiger partial charge in [0.05, 0.1) is 19.4 Å². The zero-order valence-corrected chi connectivity index (χ0v) is 19.4. The molecule has 158 valence electrons. The predicted octanol–water partition coefficient (Wildman–Crippen LogP) is 2.79. The van der Waals surface area contributed by atoms with Gasteiger partial charge in [-0.05, 0) is 38.8 Å². The molecule has 1 aliphatic rings. The summed E-state index contributed by atoms with van der Waals surface area (Å²) in [7, 11) is 1.71. The van der Waals surface area contributed by atoms with Gasteiger partial charge < -0.3 is 25.0 Å². The van der Waals surface area contributed by atoms with Gasteiger partial charge in [0.1, 0.15) is 5.75 Å². The van der Waals surface area contributed by atoms with E-state index in [-0.39, 0.29) is 29.9 Å². The number of hydrogen-bond acceptors (Lipinski definition) is 5. The Hall–Kier alpha value is -1.71. The smallest absolute Gasteiger partial charge is 0.305 e. The van der Waals surface area contributed by atoms with Crippen LogP contribution in [-0.4, -0.2) is 57.9 Å². The second-order valence-corrected chi connectivity index (χ2v) is 6.42. The number of hydrogen-bond donors (Lipinski definition) is 2. The van der Waals surface area contributed by atoms with Gasteiger partial charge in [0.2, 0.25) is 0 Å². The number of ether oxygens (including phenoxy) is 2. The molecule has 1 aromatic carbocycles. The fourth-order valence-corrected chi connectivity index (χ4v) is 3.15. The fraction of sp³-hybridized carbons (Fsp3) is 0.600. The molecule has 28 heavy (non-hydrogen) atoms. The first-order valence-electron chi connectivity index (χ1n) is 9.76. The lowest BCUT2D eigenvalue weighted by Crippen LogP contribution is -2.44. The van der Waals surface area contributed by atoms with E-state index < -0.39 is 0 Å². The van der Waals surface area contributed by atoms with E-state index in [1.54, 1.807) is 7.11 Å². The van der Waals surface area contributed by atoms with E-state index in [1.165, 1.54) is 0 Å². The summed E-state index contributed by atoms with van der Waals surface area (Å²) in [4.78, 5) is 18.3. The average molecular weight is 504 g/mol. The number of guanidine groups is 1. The summed E-state index contributed by atoms with van der Waals surface area (Å²) in [5, 5.41) is 6.79. The maximum Gasteiger partial charge on any atom is 0.305 e. The SMILES string of the molecule is CCNC(=NCCCC(=O)OCC)NC1CCN(c2ccccc2OC)C1.I. The van der Waals surface area contributed by atoms with Crippen molar-refractivity contribution >= 4 is 41.6 Å². The molecule has 1 aliphatic heterocycles. The highest BCUT2D eigenvalue weighted by Gasteiger charge is 2.25. The summed E-state index contributed by atoms with van der Waals surface area (Å²) < 4.78 is 10.4. The second kappa shape index (κ2) is 13.5. The van der Waals surface area contributed by atoms with Crippen LogP contribution in [-0.2, 0) is 9.53 Å². The molecule has 0 aliphatic carbocycles. The number of nitrogens with one attached hydrogen (secondary N) is 2. The van der Waals surface area contributed by atoms with Gasteiger partial charge in [0, 0.05) is 38.6 Å². The minimum Gasteiger partial charge on any atom is -0.495 e.